The Hall–Kier alpha value is -2.25. The Morgan fingerprint density at radius 2 is 1.54 bits per heavy atom. The van der Waals surface area contributed by atoms with Gasteiger partial charge in [-0.3, -0.25) is 4.79 Å². The van der Waals surface area contributed by atoms with E-state index in [0.29, 0.717) is 18.7 Å². The first-order valence-electron chi connectivity index (χ1n) is 8.41. The molecule has 1 aliphatic rings. The van der Waals surface area contributed by atoms with Gasteiger partial charge in [0.25, 0.3) is 5.91 Å². The lowest BCUT2D eigenvalue weighted by atomic mass is 10.1. The summed E-state index contributed by atoms with van der Waals surface area (Å²) in [7, 11) is -3.68. The molecule has 0 N–H and O–H groups in total. The average molecular weight is 376 g/mol. The van der Waals surface area contributed by atoms with Crippen molar-refractivity contribution < 1.29 is 17.6 Å². The van der Waals surface area contributed by atoms with Crippen LogP contribution in [0.2, 0.25) is 0 Å². The molecule has 3 rings (SSSR count). The maximum atomic E-state index is 13.0. The number of amides is 1. The minimum atomic E-state index is -3.68. The Morgan fingerprint density at radius 1 is 0.923 bits per heavy atom. The quantitative estimate of drug-likeness (QED) is 0.827. The van der Waals surface area contributed by atoms with E-state index in [4.69, 9.17) is 0 Å². The van der Waals surface area contributed by atoms with Crippen LogP contribution in [-0.2, 0) is 10.0 Å². The number of halogens is 1. The molecule has 1 aliphatic heterocycles. The molecule has 2 aromatic carbocycles. The number of hydrogen-bond donors (Lipinski definition) is 0. The standard InChI is InChI=1S/C19H21FN2O3S/c1-14-3-4-16(13-15(14)2)19(23)21-9-11-22(12-10-21)26(24,25)18-7-5-17(20)6-8-18/h3-8,13H,9-12H2,1-2H3. The third-order valence-corrected chi connectivity index (χ3v) is 6.64. The van der Waals surface area contributed by atoms with Gasteiger partial charge < -0.3 is 4.90 Å². The van der Waals surface area contributed by atoms with E-state index in [1.54, 1.807) is 11.0 Å². The smallest absolute Gasteiger partial charge is 0.253 e. The summed E-state index contributed by atoms with van der Waals surface area (Å²) >= 11 is 0. The van der Waals surface area contributed by atoms with Gasteiger partial charge in [0.2, 0.25) is 10.0 Å². The molecule has 5 nitrogen and oxygen atoms in total. The fourth-order valence-corrected chi connectivity index (χ4v) is 4.37. The van der Waals surface area contributed by atoms with Gasteiger partial charge in [-0.05, 0) is 61.4 Å². The molecule has 138 valence electrons. The second kappa shape index (κ2) is 7.17. The van der Waals surface area contributed by atoms with E-state index in [9.17, 15) is 17.6 Å². The highest BCUT2D eigenvalue weighted by Gasteiger charge is 2.30. The van der Waals surface area contributed by atoms with E-state index in [1.165, 1.54) is 16.4 Å². The fraction of sp³-hybridized carbons (Fsp3) is 0.316. The molecule has 1 heterocycles. The molecule has 0 radical (unpaired) electrons. The van der Waals surface area contributed by atoms with Gasteiger partial charge in [-0.25, -0.2) is 12.8 Å². The number of carbonyl (C=O) groups is 1. The van der Waals surface area contributed by atoms with Gasteiger partial charge in [0.05, 0.1) is 4.90 Å². The maximum absolute atomic E-state index is 13.0. The van der Waals surface area contributed by atoms with Crippen molar-refractivity contribution in [2.24, 2.45) is 0 Å². The molecule has 0 unspecified atom stereocenters. The van der Waals surface area contributed by atoms with Crippen LogP contribution in [0.3, 0.4) is 0 Å². The van der Waals surface area contributed by atoms with E-state index < -0.39 is 15.8 Å². The van der Waals surface area contributed by atoms with Crippen molar-refractivity contribution in [3.05, 3.63) is 65.0 Å². The topological polar surface area (TPSA) is 57.7 Å². The minimum absolute atomic E-state index is 0.0628. The Balaban J connectivity index is 1.69. The Labute approximate surface area is 153 Å². The number of hydrogen-bond acceptors (Lipinski definition) is 3. The highest BCUT2D eigenvalue weighted by molar-refractivity contribution is 7.89. The molecule has 7 heteroatoms. The average Bonchev–Trinajstić information content (AvgIpc) is 2.64. The van der Waals surface area contributed by atoms with Crippen molar-refractivity contribution in [1.29, 1.82) is 0 Å². The lowest BCUT2D eigenvalue weighted by molar-refractivity contribution is 0.0698. The molecule has 1 amide bonds. The Bertz CT molecular complexity index is 918. The second-order valence-corrected chi connectivity index (χ2v) is 8.39. The van der Waals surface area contributed by atoms with Gasteiger partial charge in [-0.1, -0.05) is 6.07 Å². The van der Waals surface area contributed by atoms with Crippen molar-refractivity contribution in [3.63, 3.8) is 0 Å². The molecular weight excluding hydrogens is 355 g/mol. The highest BCUT2D eigenvalue weighted by Crippen LogP contribution is 2.19. The van der Waals surface area contributed by atoms with Crippen LogP contribution in [0, 0.1) is 19.7 Å². The van der Waals surface area contributed by atoms with Gasteiger partial charge in [-0.15, -0.1) is 0 Å². The minimum Gasteiger partial charge on any atom is -0.336 e. The number of carbonyl (C=O) groups excluding carboxylic acids is 1. The largest absolute Gasteiger partial charge is 0.336 e. The molecule has 0 aliphatic carbocycles. The van der Waals surface area contributed by atoms with Crippen LogP contribution in [-0.4, -0.2) is 49.7 Å². The fourth-order valence-electron chi connectivity index (χ4n) is 2.94. The number of piperazine rings is 1. The van der Waals surface area contributed by atoms with Crippen molar-refractivity contribution in [2.45, 2.75) is 18.7 Å². The van der Waals surface area contributed by atoms with Gasteiger partial charge in [-0.2, -0.15) is 4.31 Å². The van der Waals surface area contributed by atoms with Crippen LogP contribution in [0.5, 0.6) is 0 Å². The molecule has 26 heavy (non-hydrogen) atoms. The van der Waals surface area contributed by atoms with E-state index >= 15 is 0 Å². The maximum Gasteiger partial charge on any atom is 0.253 e. The van der Waals surface area contributed by atoms with Crippen molar-refractivity contribution in [1.82, 2.24) is 9.21 Å². The van der Waals surface area contributed by atoms with E-state index in [2.05, 4.69) is 0 Å². The molecule has 1 fully saturated rings. The highest BCUT2D eigenvalue weighted by atomic mass is 32.2. The zero-order valence-electron chi connectivity index (χ0n) is 14.8. The summed E-state index contributed by atoms with van der Waals surface area (Å²) in [6, 6.07) is 10.4. The number of sulfonamides is 1. The van der Waals surface area contributed by atoms with Crippen molar-refractivity contribution in [2.75, 3.05) is 26.2 Å². The van der Waals surface area contributed by atoms with Crippen LogP contribution in [0.25, 0.3) is 0 Å². The Kier molecular flexibility index (Phi) is 5.11. The summed E-state index contributed by atoms with van der Waals surface area (Å²) in [5, 5.41) is 0. The SMILES string of the molecule is Cc1ccc(C(=O)N2CCN(S(=O)(=O)c3ccc(F)cc3)CC2)cc1C. The van der Waals surface area contributed by atoms with Crippen LogP contribution >= 0.6 is 0 Å². The number of nitrogens with zero attached hydrogens (tertiary/aromatic N) is 2. The summed E-state index contributed by atoms with van der Waals surface area (Å²) in [4.78, 5) is 14.4. The first-order chi connectivity index (χ1) is 12.3. The van der Waals surface area contributed by atoms with Crippen LogP contribution in [0.1, 0.15) is 21.5 Å². The van der Waals surface area contributed by atoms with E-state index in [-0.39, 0.29) is 23.9 Å². The predicted molar refractivity (Wildman–Crippen MR) is 97.0 cm³/mol. The molecule has 0 spiro atoms. The molecule has 1 saturated heterocycles. The predicted octanol–water partition coefficient (Wildman–Crippen LogP) is 2.59. The first kappa shape index (κ1) is 18.5. The lowest BCUT2D eigenvalue weighted by Gasteiger charge is -2.34. The third kappa shape index (κ3) is 3.64. The summed E-state index contributed by atoms with van der Waals surface area (Å²) in [6.07, 6.45) is 0. The van der Waals surface area contributed by atoms with E-state index in [1.807, 2.05) is 26.0 Å². The normalized spacial score (nSPS) is 15.9. The number of benzene rings is 2. The van der Waals surface area contributed by atoms with Gasteiger partial charge in [0.15, 0.2) is 0 Å². The zero-order valence-corrected chi connectivity index (χ0v) is 15.6. The zero-order chi connectivity index (χ0) is 18.9. The molecule has 0 bridgehead atoms. The summed E-state index contributed by atoms with van der Waals surface area (Å²) < 4.78 is 39.6. The van der Waals surface area contributed by atoms with Crippen molar-refractivity contribution in [3.8, 4) is 0 Å². The second-order valence-electron chi connectivity index (χ2n) is 6.45. The van der Waals surface area contributed by atoms with Crippen LogP contribution in [0.15, 0.2) is 47.4 Å². The number of rotatable bonds is 3. The third-order valence-electron chi connectivity index (χ3n) is 4.73. The molecular formula is C19H21FN2O3S. The molecule has 2 aromatic rings. The lowest BCUT2D eigenvalue weighted by Crippen LogP contribution is -2.50. The number of aryl methyl sites for hydroxylation is 2. The van der Waals surface area contributed by atoms with Gasteiger partial charge in [0.1, 0.15) is 5.82 Å². The first-order valence-corrected chi connectivity index (χ1v) is 9.85. The monoisotopic (exact) mass is 376 g/mol. The van der Waals surface area contributed by atoms with Gasteiger partial charge in [0, 0.05) is 31.7 Å². The van der Waals surface area contributed by atoms with E-state index in [0.717, 1.165) is 23.3 Å². The van der Waals surface area contributed by atoms with Crippen LogP contribution < -0.4 is 0 Å². The van der Waals surface area contributed by atoms with Crippen molar-refractivity contribution >= 4 is 15.9 Å². The summed E-state index contributed by atoms with van der Waals surface area (Å²) in [5.74, 6) is -0.570. The summed E-state index contributed by atoms with van der Waals surface area (Å²) in [6.45, 7) is 5.03. The molecule has 0 atom stereocenters. The van der Waals surface area contributed by atoms with Crippen LogP contribution in [0.4, 0.5) is 4.39 Å². The molecule has 0 aromatic heterocycles. The summed E-state index contributed by atoms with van der Waals surface area (Å²) in [5.41, 5.74) is 2.79. The van der Waals surface area contributed by atoms with Gasteiger partial charge >= 0.3 is 0 Å². The molecule has 0 saturated carbocycles. The Morgan fingerprint density at radius 3 is 2.12 bits per heavy atom.